The van der Waals surface area contributed by atoms with Crippen molar-refractivity contribution in [3.8, 4) is 0 Å². The Balaban J connectivity index is 0.000000236. The second kappa shape index (κ2) is 7.14. The van der Waals surface area contributed by atoms with Gasteiger partial charge in [-0.1, -0.05) is 0 Å². The van der Waals surface area contributed by atoms with Gasteiger partial charge in [0.25, 0.3) is 0 Å². The number of carboxylic acids is 1. The number of hydrogen-bond donors (Lipinski definition) is 1. The number of aromatic nitrogens is 1. The van der Waals surface area contributed by atoms with Gasteiger partial charge in [-0.2, -0.15) is 13.2 Å². The number of ether oxygens (including phenoxy) is 1. The molecule has 0 spiro atoms. The summed E-state index contributed by atoms with van der Waals surface area (Å²) in [6.45, 7) is 7.52. The SMILES string of the molecule is Cc1nc(CN2C[C@@H]3C[C@@H](C)O[C@@H]3C2)cs1.O=C(O)C(F)(F)F. The average molecular weight is 352 g/mol. The number of likely N-dealkylation sites (tertiary alicyclic amines) is 1. The lowest BCUT2D eigenvalue weighted by atomic mass is 10.0. The molecule has 3 atom stereocenters. The largest absolute Gasteiger partial charge is 0.490 e. The van der Waals surface area contributed by atoms with Crippen LogP contribution < -0.4 is 0 Å². The number of nitrogens with zero attached hydrogens (tertiary/aromatic N) is 2. The summed E-state index contributed by atoms with van der Waals surface area (Å²) in [4.78, 5) is 15.9. The molecular formula is C14H19F3N2O3S. The van der Waals surface area contributed by atoms with Crippen LogP contribution in [0, 0.1) is 12.8 Å². The zero-order valence-corrected chi connectivity index (χ0v) is 13.7. The second-order valence-electron chi connectivity index (χ2n) is 5.84. The van der Waals surface area contributed by atoms with Crippen molar-refractivity contribution in [2.24, 2.45) is 5.92 Å². The first-order valence-corrected chi connectivity index (χ1v) is 8.12. The van der Waals surface area contributed by atoms with E-state index in [0.717, 1.165) is 19.0 Å². The molecule has 0 bridgehead atoms. The number of aryl methyl sites for hydroxylation is 1. The third-order valence-corrected chi connectivity index (χ3v) is 4.62. The van der Waals surface area contributed by atoms with Gasteiger partial charge in [0.1, 0.15) is 0 Å². The highest BCUT2D eigenvalue weighted by Crippen LogP contribution is 2.33. The molecule has 1 aromatic rings. The third kappa shape index (κ3) is 5.15. The lowest BCUT2D eigenvalue weighted by Crippen LogP contribution is -2.24. The first kappa shape index (κ1) is 18.2. The fourth-order valence-electron chi connectivity index (χ4n) is 2.93. The number of hydrogen-bond acceptors (Lipinski definition) is 5. The molecule has 9 heteroatoms. The molecule has 3 heterocycles. The molecule has 0 radical (unpaired) electrons. The Labute approximate surface area is 136 Å². The average Bonchev–Trinajstić information content (AvgIpc) is 3.04. The highest BCUT2D eigenvalue weighted by molar-refractivity contribution is 7.09. The van der Waals surface area contributed by atoms with E-state index in [2.05, 4.69) is 29.1 Å². The number of aliphatic carboxylic acids is 1. The highest BCUT2D eigenvalue weighted by atomic mass is 32.1. The number of fused-ring (bicyclic) bond motifs is 1. The van der Waals surface area contributed by atoms with Gasteiger partial charge in [-0.05, 0) is 20.3 Å². The molecule has 130 valence electrons. The molecule has 2 fully saturated rings. The molecule has 1 aromatic heterocycles. The van der Waals surface area contributed by atoms with Crippen molar-refractivity contribution in [2.45, 2.75) is 45.2 Å². The van der Waals surface area contributed by atoms with Crippen LogP contribution in [0.1, 0.15) is 24.0 Å². The predicted octanol–water partition coefficient (Wildman–Crippen LogP) is 2.69. The molecule has 3 rings (SSSR count). The molecule has 2 aliphatic heterocycles. The van der Waals surface area contributed by atoms with Crippen molar-refractivity contribution in [2.75, 3.05) is 13.1 Å². The zero-order valence-electron chi connectivity index (χ0n) is 12.8. The minimum absolute atomic E-state index is 0.471. The second-order valence-corrected chi connectivity index (χ2v) is 6.90. The Bertz CT molecular complexity index is 536. The van der Waals surface area contributed by atoms with E-state index in [1.807, 2.05) is 0 Å². The molecule has 2 aliphatic rings. The Morgan fingerprint density at radius 3 is 2.65 bits per heavy atom. The lowest BCUT2D eigenvalue weighted by Gasteiger charge is -2.16. The van der Waals surface area contributed by atoms with E-state index in [9.17, 15) is 13.2 Å². The normalized spacial score (nSPS) is 27.4. The van der Waals surface area contributed by atoms with Crippen LogP contribution in [0.3, 0.4) is 0 Å². The van der Waals surface area contributed by atoms with Gasteiger partial charge >= 0.3 is 12.1 Å². The molecule has 0 aliphatic carbocycles. The van der Waals surface area contributed by atoms with Crippen molar-refractivity contribution >= 4 is 17.3 Å². The predicted molar refractivity (Wildman–Crippen MR) is 78.3 cm³/mol. The van der Waals surface area contributed by atoms with Crippen molar-refractivity contribution in [3.05, 3.63) is 16.1 Å². The fourth-order valence-corrected chi connectivity index (χ4v) is 3.53. The molecule has 0 amide bonds. The van der Waals surface area contributed by atoms with Gasteiger partial charge < -0.3 is 9.84 Å². The van der Waals surface area contributed by atoms with E-state index in [1.165, 1.54) is 23.7 Å². The van der Waals surface area contributed by atoms with E-state index in [1.54, 1.807) is 11.3 Å². The van der Waals surface area contributed by atoms with Gasteiger partial charge in [-0.15, -0.1) is 11.3 Å². The Morgan fingerprint density at radius 1 is 1.52 bits per heavy atom. The number of rotatable bonds is 2. The summed E-state index contributed by atoms with van der Waals surface area (Å²) in [5, 5.41) is 10.5. The van der Waals surface area contributed by atoms with Crippen molar-refractivity contribution < 1.29 is 27.8 Å². The lowest BCUT2D eigenvalue weighted by molar-refractivity contribution is -0.192. The van der Waals surface area contributed by atoms with Crippen LogP contribution in [-0.4, -0.2) is 52.4 Å². The molecule has 5 nitrogen and oxygen atoms in total. The Kier molecular flexibility index (Phi) is 5.64. The summed E-state index contributed by atoms with van der Waals surface area (Å²) in [6.07, 6.45) is -2.90. The maximum atomic E-state index is 10.6. The summed E-state index contributed by atoms with van der Waals surface area (Å²) >= 11 is 1.74. The summed E-state index contributed by atoms with van der Waals surface area (Å²) in [6, 6.07) is 0. The standard InChI is InChI=1S/C12H18N2OS.C2HF3O2/c1-8-3-10-4-14(6-12(10)15-8)5-11-7-16-9(2)13-11;3-2(4,5)1(6)7/h7-8,10,12H,3-6H2,1-2H3;(H,6,7)/t8-,10+,12-;/m1./s1. The summed E-state index contributed by atoms with van der Waals surface area (Å²) in [7, 11) is 0. The van der Waals surface area contributed by atoms with E-state index >= 15 is 0 Å². The van der Waals surface area contributed by atoms with Gasteiger partial charge in [-0.3, -0.25) is 4.90 Å². The summed E-state index contributed by atoms with van der Waals surface area (Å²) in [5.74, 6) is -2.00. The van der Waals surface area contributed by atoms with Crippen LogP contribution in [0.4, 0.5) is 13.2 Å². The quantitative estimate of drug-likeness (QED) is 0.887. The van der Waals surface area contributed by atoms with Crippen LogP contribution in [0.2, 0.25) is 0 Å². The summed E-state index contributed by atoms with van der Waals surface area (Å²) in [5.41, 5.74) is 1.22. The number of carboxylic acid groups (broad SMARTS) is 1. The van der Waals surface area contributed by atoms with Gasteiger partial charge in [0.05, 0.1) is 22.9 Å². The smallest absolute Gasteiger partial charge is 0.475 e. The fraction of sp³-hybridized carbons (Fsp3) is 0.714. The Hall–Kier alpha value is -1.19. The zero-order chi connectivity index (χ0) is 17.2. The minimum atomic E-state index is -5.08. The van der Waals surface area contributed by atoms with Crippen LogP contribution in [0.25, 0.3) is 0 Å². The topological polar surface area (TPSA) is 62.7 Å². The minimum Gasteiger partial charge on any atom is -0.475 e. The number of thiazole rings is 1. The number of carbonyl (C=O) groups is 1. The van der Waals surface area contributed by atoms with Gasteiger partial charge in [0, 0.05) is 30.9 Å². The monoisotopic (exact) mass is 352 g/mol. The first-order chi connectivity index (χ1) is 10.6. The number of alkyl halides is 3. The van der Waals surface area contributed by atoms with Crippen molar-refractivity contribution in [1.29, 1.82) is 0 Å². The van der Waals surface area contributed by atoms with Gasteiger partial charge in [-0.25, -0.2) is 9.78 Å². The molecule has 0 saturated carbocycles. The van der Waals surface area contributed by atoms with Crippen LogP contribution in [0.15, 0.2) is 5.38 Å². The molecule has 2 saturated heterocycles. The van der Waals surface area contributed by atoms with E-state index in [0.29, 0.717) is 12.2 Å². The maximum Gasteiger partial charge on any atom is 0.490 e. The van der Waals surface area contributed by atoms with Crippen LogP contribution in [0.5, 0.6) is 0 Å². The molecule has 23 heavy (non-hydrogen) atoms. The highest BCUT2D eigenvalue weighted by Gasteiger charge is 2.40. The third-order valence-electron chi connectivity index (χ3n) is 3.79. The maximum absolute atomic E-state index is 10.6. The van der Waals surface area contributed by atoms with Crippen molar-refractivity contribution in [1.82, 2.24) is 9.88 Å². The molecule has 0 aromatic carbocycles. The molecular weight excluding hydrogens is 333 g/mol. The Morgan fingerprint density at radius 2 is 2.17 bits per heavy atom. The molecule has 0 unspecified atom stereocenters. The van der Waals surface area contributed by atoms with E-state index in [4.69, 9.17) is 14.6 Å². The van der Waals surface area contributed by atoms with Crippen LogP contribution in [-0.2, 0) is 16.1 Å². The van der Waals surface area contributed by atoms with Gasteiger partial charge in [0.15, 0.2) is 0 Å². The van der Waals surface area contributed by atoms with Crippen molar-refractivity contribution in [3.63, 3.8) is 0 Å². The van der Waals surface area contributed by atoms with E-state index < -0.39 is 12.1 Å². The number of halogens is 3. The van der Waals surface area contributed by atoms with Gasteiger partial charge in [0.2, 0.25) is 0 Å². The molecule has 1 N–H and O–H groups in total. The van der Waals surface area contributed by atoms with E-state index in [-0.39, 0.29) is 0 Å². The first-order valence-electron chi connectivity index (χ1n) is 7.24. The van der Waals surface area contributed by atoms with Crippen LogP contribution >= 0.6 is 11.3 Å². The summed E-state index contributed by atoms with van der Waals surface area (Å²) < 4.78 is 37.6.